The van der Waals surface area contributed by atoms with Gasteiger partial charge in [-0.15, -0.1) is 0 Å². The number of nitrogens with zero attached hydrogens (tertiary/aromatic N) is 2. The minimum atomic E-state index is -2.88. The third-order valence-electron chi connectivity index (χ3n) is 2.94. The second kappa shape index (κ2) is 5.34. The fourth-order valence-corrected chi connectivity index (χ4v) is 1.89. The van der Waals surface area contributed by atoms with Crippen molar-refractivity contribution in [2.75, 3.05) is 0 Å². The molecule has 19 heavy (non-hydrogen) atoms. The van der Waals surface area contributed by atoms with E-state index in [1.54, 1.807) is 26.1 Å². The molecule has 0 bridgehead atoms. The van der Waals surface area contributed by atoms with E-state index in [0.717, 1.165) is 5.56 Å². The molecule has 0 aliphatic heterocycles. The van der Waals surface area contributed by atoms with Crippen LogP contribution in [-0.2, 0) is 6.54 Å². The Morgan fingerprint density at radius 3 is 2.79 bits per heavy atom. The van der Waals surface area contributed by atoms with E-state index in [1.165, 1.54) is 16.8 Å². The Labute approximate surface area is 108 Å². The van der Waals surface area contributed by atoms with Crippen molar-refractivity contribution in [2.24, 2.45) is 0 Å². The monoisotopic (exact) mass is 270 g/mol. The van der Waals surface area contributed by atoms with Gasteiger partial charge in [0.05, 0.1) is 6.54 Å². The van der Waals surface area contributed by atoms with Gasteiger partial charge in [0.2, 0.25) is 5.95 Å². The van der Waals surface area contributed by atoms with Crippen LogP contribution in [0.5, 0.6) is 5.88 Å². The van der Waals surface area contributed by atoms with Crippen LogP contribution < -0.4 is 4.74 Å². The fourth-order valence-electron chi connectivity index (χ4n) is 1.89. The Kier molecular flexibility index (Phi) is 3.78. The van der Waals surface area contributed by atoms with E-state index in [4.69, 9.17) is 0 Å². The molecule has 2 heterocycles. The minimum absolute atomic E-state index is 0.0472. The molecule has 0 aromatic carbocycles. The van der Waals surface area contributed by atoms with Crippen molar-refractivity contribution >= 4 is 0 Å². The van der Waals surface area contributed by atoms with Gasteiger partial charge in [-0.2, -0.15) is 13.2 Å². The lowest BCUT2D eigenvalue weighted by atomic mass is 10.1. The van der Waals surface area contributed by atoms with Gasteiger partial charge in [0.25, 0.3) is 0 Å². The summed E-state index contributed by atoms with van der Waals surface area (Å²) >= 11 is 0. The Morgan fingerprint density at radius 1 is 1.37 bits per heavy atom. The van der Waals surface area contributed by atoms with Gasteiger partial charge in [0.1, 0.15) is 0 Å². The van der Waals surface area contributed by atoms with Gasteiger partial charge < -0.3 is 9.30 Å². The van der Waals surface area contributed by atoms with E-state index in [-0.39, 0.29) is 12.4 Å². The highest BCUT2D eigenvalue weighted by Gasteiger charge is 2.13. The normalized spacial score (nSPS) is 11.1. The second-order valence-electron chi connectivity index (χ2n) is 4.19. The van der Waals surface area contributed by atoms with Crippen LogP contribution in [0, 0.1) is 19.8 Å². The lowest BCUT2D eigenvalue weighted by molar-refractivity contribution is -0.0549. The lowest BCUT2D eigenvalue weighted by Crippen LogP contribution is -2.10. The molecule has 102 valence electrons. The molecule has 0 atom stereocenters. The van der Waals surface area contributed by atoms with Crippen molar-refractivity contribution in [1.29, 1.82) is 0 Å². The first kappa shape index (κ1) is 13.5. The van der Waals surface area contributed by atoms with Gasteiger partial charge in [-0.3, -0.25) is 0 Å². The molecular formula is C13H13F3N2O. The van der Waals surface area contributed by atoms with Gasteiger partial charge in [-0.25, -0.2) is 4.98 Å². The highest BCUT2D eigenvalue weighted by atomic mass is 19.3. The van der Waals surface area contributed by atoms with Crippen molar-refractivity contribution in [2.45, 2.75) is 27.0 Å². The molecule has 0 spiro atoms. The van der Waals surface area contributed by atoms with Crippen LogP contribution in [0.4, 0.5) is 13.2 Å². The Hall–Kier alpha value is -1.98. The first-order chi connectivity index (χ1) is 8.99. The van der Waals surface area contributed by atoms with E-state index in [9.17, 15) is 13.2 Å². The molecule has 0 aliphatic rings. The summed E-state index contributed by atoms with van der Waals surface area (Å²) in [5.41, 5.74) is 1.93. The molecule has 0 saturated heterocycles. The summed E-state index contributed by atoms with van der Waals surface area (Å²) in [6.07, 6.45) is 3.03. The number of alkyl halides is 2. The third kappa shape index (κ3) is 2.89. The van der Waals surface area contributed by atoms with Crippen molar-refractivity contribution in [3.05, 3.63) is 47.2 Å². The molecule has 2 aromatic rings. The van der Waals surface area contributed by atoms with Crippen molar-refractivity contribution in [3.63, 3.8) is 0 Å². The number of pyridine rings is 1. The van der Waals surface area contributed by atoms with Crippen LogP contribution in [0.15, 0.2) is 24.5 Å². The summed E-state index contributed by atoms with van der Waals surface area (Å²) in [4.78, 5) is 3.61. The molecule has 0 N–H and O–H groups in total. The molecule has 2 aromatic heterocycles. The number of hydrogen-bond donors (Lipinski definition) is 0. The summed E-state index contributed by atoms with van der Waals surface area (Å²) in [6.45, 7) is 0.782. The van der Waals surface area contributed by atoms with Crippen LogP contribution in [0.25, 0.3) is 0 Å². The average molecular weight is 270 g/mol. The predicted octanol–water partition coefficient (Wildman–Crippen LogP) is 3.29. The van der Waals surface area contributed by atoms with E-state index < -0.39 is 12.6 Å². The standard InChI is InChI=1S/C13H13F3N2O/c1-8-6-17-12(14)9(2)10(8)7-18-5-3-4-11(18)19-13(15)16/h3-6,13H,7H2,1-2H3. The van der Waals surface area contributed by atoms with Crippen molar-refractivity contribution in [1.82, 2.24) is 9.55 Å². The molecule has 0 fully saturated rings. The highest BCUT2D eigenvalue weighted by molar-refractivity contribution is 5.32. The van der Waals surface area contributed by atoms with Crippen LogP contribution >= 0.6 is 0 Å². The number of halogens is 3. The van der Waals surface area contributed by atoms with E-state index in [0.29, 0.717) is 11.1 Å². The zero-order valence-electron chi connectivity index (χ0n) is 10.5. The number of aryl methyl sites for hydroxylation is 1. The number of hydrogen-bond acceptors (Lipinski definition) is 2. The topological polar surface area (TPSA) is 27.1 Å². The van der Waals surface area contributed by atoms with Crippen LogP contribution in [0.2, 0.25) is 0 Å². The largest absolute Gasteiger partial charge is 0.419 e. The van der Waals surface area contributed by atoms with Gasteiger partial charge in [-0.05, 0) is 31.0 Å². The Balaban J connectivity index is 2.32. The number of ether oxygens (including phenoxy) is 1. The molecule has 0 amide bonds. The predicted molar refractivity (Wildman–Crippen MR) is 63.8 cm³/mol. The van der Waals surface area contributed by atoms with Gasteiger partial charge in [-0.1, -0.05) is 0 Å². The zero-order chi connectivity index (χ0) is 14.0. The smallest absolute Gasteiger partial charge is 0.388 e. The molecule has 0 aliphatic carbocycles. The first-order valence-electron chi connectivity index (χ1n) is 5.69. The van der Waals surface area contributed by atoms with Gasteiger partial charge in [0.15, 0.2) is 5.88 Å². The van der Waals surface area contributed by atoms with Crippen LogP contribution in [-0.4, -0.2) is 16.2 Å². The summed E-state index contributed by atoms with van der Waals surface area (Å²) < 4.78 is 43.8. The molecule has 0 unspecified atom stereocenters. The molecular weight excluding hydrogens is 257 g/mol. The summed E-state index contributed by atoms with van der Waals surface area (Å²) in [5, 5.41) is 0. The fraction of sp³-hybridized carbons (Fsp3) is 0.308. The maximum absolute atomic E-state index is 13.4. The highest BCUT2D eigenvalue weighted by Crippen LogP contribution is 2.21. The summed E-state index contributed by atoms with van der Waals surface area (Å²) in [6, 6.07) is 3.04. The minimum Gasteiger partial charge on any atom is -0.419 e. The van der Waals surface area contributed by atoms with Gasteiger partial charge in [0, 0.05) is 24.0 Å². The third-order valence-corrected chi connectivity index (χ3v) is 2.94. The number of aromatic nitrogens is 2. The first-order valence-corrected chi connectivity index (χ1v) is 5.69. The molecule has 2 rings (SSSR count). The maximum Gasteiger partial charge on any atom is 0.388 e. The SMILES string of the molecule is Cc1cnc(F)c(C)c1Cn1cccc1OC(F)F. The van der Waals surface area contributed by atoms with Crippen LogP contribution in [0.1, 0.15) is 16.7 Å². The Morgan fingerprint density at radius 2 is 2.11 bits per heavy atom. The van der Waals surface area contributed by atoms with Crippen molar-refractivity contribution in [3.8, 4) is 5.88 Å². The average Bonchev–Trinajstić information content (AvgIpc) is 2.76. The summed E-state index contributed by atoms with van der Waals surface area (Å²) in [7, 11) is 0. The second-order valence-corrected chi connectivity index (χ2v) is 4.19. The van der Waals surface area contributed by atoms with E-state index in [2.05, 4.69) is 9.72 Å². The number of rotatable bonds is 4. The van der Waals surface area contributed by atoms with Crippen LogP contribution in [0.3, 0.4) is 0 Å². The van der Waals surface area contributed by atoms with Gasteiger partial charge >= 0.3 is 6.61 Å². The quantitative estimate of drug-likeness (QED) is 0.797. The van der Waals surface area contributed by atoms with E-state index in [1.807, 2.05) is 0 Å². The zero-order valence-corrected chi connectivity index (χ0v) is 10.5. The lowest BCUT2D eigenvalue weighted by Gasteiger charge is -2.13. The maximum atomic E-state index is 13.4. The summed E-state index contributed by atoms with van der Waals surface area (Å²) in [5.74, 6) is -0.505. The van der Waals surface area contributed by atoms with Crippen molar-refractivity contribution < 1.29 is 17.9 Å². The van der Waals surface area contributed by atoms with E-state index >= 15 is 0 Å². The molecule has 0 saturated carbocycles. The molecule has 6 heteroatoms. The molecule has 0 radical (unpaired) electrons. The Bertz CT molecular complexity index is 581. The molecule has 3 nitrogen and oxygen atoms in total.